The first-order valence-electron chi connectivity index (χ1n) is 6.16. The van der Waals surface area contributed by atoms with Crippen LogP contribution in [0.3, 0.4) is 0 Å². The number of carboxylic acids is 1. The molecule has 0 atom stereocenters. The van der Waals surface area contributed by atoms with Crippen molar-refractivity contribution in [3.8, 4) is 11.8 Å². The molecule has 6 heteroatoms. The number of nitriles is 1. The maximum Gasteiger partial charge on any atom is 0.303 e. The number of amides is 1. The molecule has 1 aromatic rings. The maximum atomic E-state index is 11.7. The second-order valence-corrected chi connectivity index (χ2v) is 4.18. The topological polar surface area (TPSA) is 99.4 Å². The molecule has 0 aliphatic heterocycles. The quantitative estimate of drug-likeness (QED) is 0.743. The second kappa shape index (κ2) is 7.79. The molecule has 0 aliphatic carbocycles. The molecule has 1 aromatic carbocycles. The Hall–Kier alpha value is -2.55. The number of ether oxygens (including phenoxy) is 1. The summed E-state index contributed by atoms with van der Waals surface area (Å²) in [6, 6.07) is 6.72. The number of nitrogens with one attached hydrogen (secondary N) is 1. The van der Waals surface area contributed by atoms with Crippen LogP contribution in [0.25, 0.3) is 0 Å². The summed E-state index contributed by atoms with van der Waals surface area (Å²) in [7, 11) is 1.46. The fraction of sp³-hybridized carbons (Fsp3) is 0.357. The number of carbonyl (C=O) groups excluding carboxylic acids is 1. The van der Waals surface area contributed by atoms with Crippen LogP contribution in [0.1, 0.15) is 31.2 Å². The first-order valence-corrected chi connectivity index (χ1v) is 6.16. The van der Waals surface area contributed by atoms with Crippen LogP contribution in [0.4, 0.5) is 5.69 Å². The fourth-order valence-corrected chi connectivity index (χ4v) is 1.64. The summed E-state index contributed by atoms with van der Waals surface area (Å²) in [6.45, 7) is 0. The van der Waals surface area contributed by atoms with Crippen LogP contribution >= 0.6 is 0 Å². The second-order valence-electron chi connectivity index (χ2n) is 4.18. The third kappa shape index (κ3) is 4.98. The molecule has 0 spiro atoms. The summed E-state index contributed by atoms with van der Waals surface area (Å²) in [5, 5.41) is 19.9. The summed E-state index contributed by atoms with van der Waals surface area (Å²) in [6.07, 6.45) is 1.29. The Kier molecular flexibility index (Phi) is 6.04. The minimum Gasteiger partial charge on any atom is -0.495 e. The van der Waals surface area contributed by atoms with Crippen LogP contribution in [-0.2, 0) is 9.59 Å². The smallest absolute Gasteiger partial charge is 0.303 e. The molecule has 0 aromatic heterocycles. The van der Waals surface area contributed by atoms with Crippen molar-refractivity contribution in [2.45, 2.75) is 25.7 Å². The summed E-state index contributed by atoms with van der Waals surface area (Å²) < 4.78 is 5.10. The van der Waals surface area contributed by atoms with Crippen molar-refractivity contribution in [3.05, 3.63) is 23.8 Å². The number of methoxy groups -OCH3 is 1. The molecule has 20 heavy (non-hydrogen) atoms. The van der Waals surface area contributed by atoms with Crippen molar-refractivity contribution in [2.24, 2.45) is 0 Å². The van der Waals surface area contributed by atoms with Crippen LogP contribution in [-0.4, -0.2) is 24.1 Å². The van der Waals surface area contributed by atoms with Crippen molar-refractivity contribution in [1.29, 1.82) is 5.26 Å². The van der Waals surface area contributed by atoms with Gasteiger partial charge in [0.15, 0.2) is 0 Å². The molecule has 1 rings (SSSR count). The van der Waals surface area contributed by atoms with Gasteiger partial charge in [-0.05, 0) is 25.0 Å². The predicted molar refractivity (Wildman–Crippen MR) is 72.4 cm³/mol. The summed E-state index contributed by atoms with van der Waals surface area (Å²) in [4.78, 5) is 22.0. The van der Waals surface area contributed by atoms with E-state index in [9.17, 15) is 9.59 Å². The van der Waals surface area contributed by atoms with E-state index in [4.69, 9.17) is 15.1 Å². The normalized spacial score (nSPS) is 9.60. The number of unbranched alkanes of at least 4 members (excludes halogenated alkanes) is 1. The first kappa shape index (κ1) is 15.5. The Morgan fingerprint density at radius 1 is 1.35 bits per heavy atom. The largest absolute Gasteiger partial charge is 0.495 e. The average Bonchev–Trinajstić information content (AvgIpc) is 2.43. The Balaban J connectivity index is 2.53. The molecule has 0 bridgehead atoms. The molecule has 2 N–H and O–H groups in total. The maximum absolute atomic E-state index is 11.7. The van der Waals surface area contributed by atoms with Crippen LogP contribution in [0.15, 0.2) is 18.2 Å². The van der Waals surface area contributed by atoms with Crippen LogP contribution in [0, 0.1) is 11.3 Å². The van der Waals surface area contributed by atoms with Gasteiger partial charge in [-0.15, -0.1) is 0 Å². The molecule has 0 radical (unpaired) electrons. The lowest BCUT2D eigenvalue weighted by atomic mass is 10.1. The molecule has 0 heterocycles. The van der Waals surface area contributed by atoms with E-state index < -0.39 is 5.97 Å². The van der Waals surface area contributed by atoms with Gasteiger partial charge < -0.3 is 15.2 Å². The number of benzene rings is 1. The molecule has 6 nitrogen and oxygen atoms in total. The minimum absolute atomic E-state index is 0.0630. The van der Waals surface area contributed by atoms with E-state index in [0.717, 1.165) is 0 Å². The van der Waals surface area contributed by atoms with Gasteiger partial charge in [0, 0.05) is 18.9 Å². The molecule has 0 unspecified atom stereocenters. The number of anilines is 1. The zero-order valence-electron chi connectivity index (χ0n) is 11.2. The standard InChI is InChI=1S/C14H16N2O4/c1-20-12-8-10(9-15)6-7-11(12)16-13(17)4-2-3-5-14(18)19/h6-8H,2-5H2,1H3,(H,16,17)(H,18,19). The van der Waals surface area contributed by atoms with E-state index in [1.807, 2.05) is 6.07 Å². The molecule has 106 valence electrons. The van der Waals surface area contributed by atoms with Gasteiger partial charge in [0.25, 0.3) is 0 Å². The summed E-state index contributed by atoms with van der Waals surface area (Å²) >= 11 is 0. The lowest BCUT2D eigenvalue weighted by Crippen LogP contribution is -2.12. The molecular weight excluding hydrogens is 260 g/mol. The number of carboxylic acid groups (broad SMARTS) is 1. The number of rotatable bonds is 7. The van der Waals surface area contributed by atoms with E-state index >= 15 is 0 Å². The predicted octanol–water partition coefficient (Wildman–Crippen LogP) is 2.15. The molecular formula is C14H16N2O4. The van der Waals surface area contributed by atoms with E-state index in [1.165, 1.54) is 7.11 Å². The zero-order chi connectivity index (χ0) is 15.0. The van der Waals surface area contributed by atoms with E-state index in [2.05, 4.69) is 5.32 Å². The molecule has 0 fully saturated rings. The van der Waals surface area contributed by atoms with Gasteiger partial charge in [-0.3, -0.25) is 9.59 Å². The molecule has 0 saturated heterocycles. The lowest BCUT2D eigenvalue weighted by Gasteiger charge is -2.10. The van der Waals surface area contributed by atoms with E-state index in [1.54, 1.807) is 18.2 Å². The van der Waals surface area contributed by atoms with Gasteiger partial charge in [0.05, 0.1) is 24.4 Å². The zero-order valence-corrected chi connectivity index (χ0v) is 11.2. The van der Waals surface area contributed by atoms with Crippen molar-refractivity contribution in [1.82, 2.24) is 0 Å². The molecule has 0 saturated carbocycles. The molecule has 0 aliphatic rings. The van der Waals surface area contributed by atoms with Gasteiger partial charge >= 0.3 is 5.97 Å². The first-order chi connectivity index (χ1) is 9.56. The van der Waals surface area contributed by atoms with E-state index in [-0.39, 0.29) is 18.7 Å². The van der Waals surface area contributed by atoms with Crippen molar-refractivity contribution < 1.29 is 19.4 Å². The number of carbonyl (C=O) groups is 2. The van der Waals surface area contributed by atoms with Crippen LogP contribution in [0.2, 0.25) is 0 Å². The number of aliphatic carboxylic acids is 1. The van der Waals surface area contributed by atoms with Gasteiger partial charge in [-0.2, -0.15) is 5.26 Å². The summed E-state index contributed by atoms with van der Waals surface area (Å²) in [5.41, 5.74) is 0.941. The Morgan fingerprint density at radius 3 is 2.65 bits per heavy atom. The van der Waals surface area contributed by atoms with Crippen molar-refractivity contribution in [3.63, 3.8) is 0 Å². The van der Waals surface area contributed by atoms with Gasteiger partial charge in [-0.1, -0.05) is 0 Å². The Morgan fingerprint density at radius 2 is 2.05 bits per heavy atom. The van der Waals surface area contributed by atoms with Gasteiger partial charge in [0.1, 0.15) is 5.75 Å². The number of hydrogen-bond donors (Lipinski definition) is 2. The fourth-order valence-electron chi connectivity index (χ4n) is 1.64. The average molecular weight is 276 g/mol. The highest BCUT2D eigenvalue weighted by Gasteiger charge is 2.08. The third-order valence-corrected chi connectivity index (χ3v) is 2.65. The van der Waals surface area contributed by atoms with Crippen molar-refractivity contribution >= 4 is 17.6 Å². The van der Waals surface area contributed by atoms with Crippen molar-refractivity contribution in [2.75, 3.05) is 12.4 Å². The van der Waals surface area contributed by atoms with Crippen LogP contribution in [0.5, 0.6) is 5.75 Å². The highest BCUT2D eigenvalue weighted by atomic mass is 16.5. The summed E-state index contributed by atoms with van der Waals surface area (Å²) in [5.74, 6) is -0.652. The minimum atomic E-state index is -0.862. The van der Waals surface area contributed by atoms with Gasteiger partial charge in [-0.25, -0.2) is 0 Å². The third-order valence-electron chi connectivity index (χ3n) is 2.65. The highest BCUT2D eigenvalue weighted by Crippen LogP contribution is 2.25. The van der Waals surface area contributed by atoms with E-state index in [0.29, 0.717) is 29.8 Å². The SMILES string of the molecule is COc1cc(C#N)ccc1NC(=O)CCCCC(=O)O. The molecule has 1 amide bonds. The monoisotopic (exact) mass is 276 g/mol. The Bertz CT molecular complexity index is 534. The van der Waals surface area contributed by atoms with Crippen LogP contribution < -0.4 is 10.1 Å². The highest BCUT2D eigenvalue weighted by molar-refractivity contribution is 5.92. The lowest BCUT2D eigenvalue weighted by molar-refractivity contribution is -0.137. The number of nitrogens with zero attached hydrogens (tertiary/aromatic N) is 1. The Labute approximate surface area is 117 Å². The van der Waals surface area contributed by atoms with Gasteiger partial charge in [0.2, 0.25) is 5.91 Å². The number of hydrogen-bond acceptors (Lipinski definition) is 4.